The molecule has 17 heavy (non-hydrogen) atoms. The van der Waals surface area contributed by atoms with Crippen molar-refractivity contribution in [3.05, 3.63) is 22.4 Å². The molecule has 1 aromatic rings. The van der Waals surface area contributed by atoms with E-state index in [1.807, 2.05) is 23.8 Å². The van der Waals surface area contributed by atoms with Crippen molar-refractivity contribution in [2.45, 2.75) is 19.6 Å². The maximum atomic E-state index is 11.3. The minimum Gasteiger partial charge on any atom is -0.389 e. The molecule has 2 amide bonds. The van der Waals surface area contributed by atoms with E-state index >= 15 is 0 Å². The van der Waals surface area contributed by atoms with E-state index in [0.717, 1.165) is 5.56 Å². The molecule has 0 saturated heterocycles. The van der Waals surface area contributed by atoms with Crippen LogP contribution >= 0.6 is 11.3 Å². The molecular weight excluding hydrogens is 240 g/mol. The molecule has 1 aromatic heterocycles. The second-order valence-electron chi connectivity index (χ2n) is 3.51. The number of ether oxygens (including phenoxy) is 1. The van der Waals surface area contributed by atoms with Gasteiger partial charge in [-0.1, -0.05) is 0 Å². The van der Waals surface area contributed by atoms with E-state index in [0.29, 0.717) is 13.2 Å². The van der Waals surface area contributed by atoms with E-state index in [4.69, 9.17) is 4.74 Å². The van der Waals surface area contributed by atoms with Gasteiger partial charge in [0.25, 0.3) is 0 Å². The summed E-state index contributed by atoms with van der Waals surface area (Å²) in [6, 6.07) is 1.67. The molecule has 0 fully saturated rings. The maximum Gasteiger partial charge on any atom is 0.315 e. The lowest BCUT2D eigenvalue weighted by Crippen LogP contribution is -2.40. The van der Waals surface area contributed by atoms with Crippen molar-refractivity contribution >= 4 is 17.4 Å². The van der Waals surface area contributed by atoms with Crippen molar-refractivity contribution in [1.82, 2.24) is 10.6 Å². The predicted molar refractivity (Wildman–Crippen MR) is 67.1 cm³/mol. The fraction of sp³-hybridized carbons (Fsp3) is 0.545. The number of urea groups is 1. The van der Waals surface area contributed by atoms with Gasteiger partial charge in [0, 0.05) is 19.7 Å². The molecule has 1 rings (SSSR count). The molecule has 0 radical (unpaired) electrons. The zero-order valence-corrected chi connectivity index (χ0v) is 10.6. The van der Waals surface area contributed by atoms with E-state index in [1.54, 1.807) is 11.3 Å². The smallest absolute Gasteiger partial charge is 0.315 e. The Bertz CT molecular complexity index is 317. The number of rotatable bonds is 7. The first kappa shape index (κ1) is 14.0. The predicted octanol–water partition coefficient (Wildman–Crippen LogP) is 0.945. The summed E-state index contributed by atoms with van der Waals surface area (Å²) < 4.78 is 5.03. The van der Waals surface area contributed by atoms with Crippen molar-refractivity contribution in [3.63, 3.8) is 0 Å². The molecule has 0 bridgehead atoms. The largest absolute Gasteiger partial charge is 0.389 e. The minimum atomic E-state index is -0.665. The molecule has 0 aromatic carbocycles. The molecule has 0 aliphatic heterocycles. The van der Waals surface area contributed by atoms with Gasteiger partial charge in [-0.25, -0.2) is 4.79 Å². The topological polar surface area (TPSA) is 70.6 Å². The number of carbonyl (C=O) groups is 1. The molecule has 3 N–H and O–H groups in total. The third kappa shape index (κ3) is 6.25. The van der Waals surface area contributed by atoms with Gasteiger partial charge in [0.1, 0.15) is 0 Å². The summed E-state index contributed by atoms with van der Waals surface area (Å²) in [5.41, 5.74) is 1.07. The van der Waals surface area contributed by atoms with Crippen molar-refractivity contribution < 1.29 is 14.6 Å². The van der Waals surface area contributed by atoms with E-state index in [-0.39, 0.29) is 19.2 Å². The third-order valence-electron chi connectivity index (χ3n) is 2.05. The Kier molecular flexibility index (Phi) is 6.61. The second-order valence-corrected chi connectivity index (χ2v) is 4.29. The SMILES string of the molecule is CCOCC(O)CNC(=O)NCc1ccsc1. The van der Waals surface area contributed by atoms with Crippen molar-refractivity contribution in [2.24, 2.45) is 0 Å². The highest BCUT2D eigenvalue weighted by molar-refractivity contribution is 7.07. The van der Waals surface area contributed by atoms with Crippen LogP contribution in [0, 0.1) is 0 Å². The molecule has 0 spiro atoms. The molecule has 1 atom stereocenters. The summed E-state index contributed by atoms with van der Waals surface area (Å²) in [6.07, 6.45) is -0.665. The standard InChI is InChI=1S/C11H18N2O3S/c1-2-16-7-10(14)6-13-11(15)12-5-9-3-4-17-8-9/h3-4,8,10,14H,2,5-7H2,1H3,(H2,12,13,15). The quantitative estimate of drug-likeness (QED) is 0.682. The lowest BCUT2D eigenvalue weighted by molar-refractivity contribution is 0.0441. The van der Waals surface area contributed by atoms with Gasteiger partial charge in [-0.3, -0.25) is 0 Å². The number of aliphatic hydroxyl groups excluding tert-OH is 1. The fourth-order valence-electron chi connectivity index (χ4n) is 1.16. The van der Waals surface area contributed by atoms with Gasteiger partial charge < -0.3 is 20.5 Å². The molecule has 1 unspecified atom stereocenters. The van der Waals surface area contributed by atoms with Crippen molar-refractivity contribution in [3.8, 4) is 0 Å². The van der Waals surface area contributed by atoms with E-state index in [2.05, 4.69) is 10.6 Å². The molecule has 0 aliphatic rings. The highest BCUT2D eigenvalue weighted by atomic mass is 32.1. The average molecular weight is 258 g/mol. The maximum absolute atomic E-state index is 11.3. The summed E-state index contributed by atoms with van der Waals surface area (Å²) in [5.74, 6) is 0. The Hall–Kier alpha value is -1.11. The highest BCUT2D eigenvalue weighted by Gasteiger charge is 2.06. The number of hydrogen-bond acceptors (Lipinski definition) is 4. The van der Waals surface area contributed by atoms with E-state index < -0.39 is 6.10 Å². The summed E-state index contributed by atoms with van der Waals surface area (Å²) in [7, 11) is 0. The minimum absolute atomic E-state index is 0.190. The lowest BCUT2D eigenvalue weighted by Gasteiger charge is -2.12. The van der Waals surface area contributed by atoms with Gasteiger partial charge >= 0.3 is 6.03 Å². The van der Waals surface area contributed by atoms with Crippen LogP contribution in [0.25, 0.3) is 0 Å². The molecule has 0 saturated carbocycles. The fourth-order valence-corrected chi connectivity index (χ4v) is 1.83. The van der Waals surface area contributed by atoms with Crippen LogP contribution in [0.15, 0.2) is 16.8 Å². The summed E-state index contributed by atoms with van der Waals surface area (Å²) in [5, 5.41) is 18.6. The summed E-state index contributed by atoms with van der Waals surface area (Å²) in [6.45, 7) is 3.34. The Labute approximate surface area is 105 Å². The number of carbonyl (C=O) groups excluding carboxylic acids is 1. The summed E-state index contributed by atoms with van der Waals surface area (Å²) >= 11 is 1.59. The molecular formula is C11H18N2O3S. The Morgan fingerprint density at radius 2 is 2.41 bits per heavy atom. The van der Waals surface area contributed by atoms with Crippen LogP contribution in [0.5, 0.6) is 0 Å². The van der Waals surface area contributed by atoms with Gasteiger partial charge in [0.2, 0.25) is 0 Å². The van der Waals surface area contributed by atoms with Crippen LogP contribution in [0.1, 0.15) is 12.5 Å². The number of nitrogens with one attached hydrogen (secondary N) is 2. The van der Waals surface area contributed by atoms with Crippen LogP contribution in [0.4, 0.5) is 4.79 Å². The van der Waals surface area contributed by atoms with Crippen molar-refractivity contribution in [1.29, 1.82) is 0 Å². The molecule has 0 aliphatic carbocycles. The third-order valence-corrected chi connectivity index (χ3v) is 2.78. The van der Waals surface area contributed by atoms with Gasteiger partial charge in [0.15, 0.2) is 0 Å². The van der Waals surface area contributed by atoms with Crippen LogP contribution in [0.3, 0.4) is 0 Å². The zero-order chi connectivity index (χ0) is 12.5. The Morgan fingerprint density at radius 1 is 1.59 bits per heavy atom. The molecule has 96 valence electrons. The van der Waals surface area contributed by atoms with Gasteiger partial charge in [-0.2, -0.15) is 11.3 Å². The van der Waals surface area contributed by atoms with E-state index in [9.17, 15) is 9.90 Å². The van der Waals surface area contributed by atoms with Gasteiger partial charge in [0.05, 0.1) is 12.7 Å². The molecule has 1 heterocycles. The van der Waals surface area contributed by atoms with Crippen LogP contribution in [-0.2, 0) is 11.3 Å². The highest BCUT2D eigenvalue weighted by Crippen LogP contribution is 2.04. The number of hydrogen-bond donors (Lipinski definition) is 3. The molecule has 5 nitrogen and oxygen atoms in total. The van der Waals surface area contributed by atoms with Crippen LogP contribution in [-0.4, -0.2) is 37.0 Å². The first-order valence-electron chi connectivity index (χ1n) is 5.51. The van der Waals surface area contributed by atoms with Crippen molar-refractivity contribution in [2.75, 3.05) is 19.8 Å². The molecule has 6 heteroatoms. The lowest BCUT2D eigenvalue weighted by atomic mass is 10.3. The number of thiophene rings is 1. The van der Waals surface area contributed by atoms with E-state index in [1.165, 1.54) is 0 Å². The van der Waals surface area contributed by atoms with Crippen LogP contribution in [0.2, 0.25) is 0 Å². The van der Waals surface area contributed by atoms with Crippen LogP contribution < -0.4 is 10.6 Å². The average Bonchev–Trinajstić information content (AvgIpc) is 2.84. The zero-order valence-electron chi connectivity index (χ0n) is 9.81. The number of amides is 2. The van der Waals surface area contributed by atoms with Gasteiger partial charge in [-0.05, 0) is 29.3 Å². The first-order chi connectivity index (χ1) is 8.22. The Balaban J connectivity index is 2.08. The Morgan fingerprint density at radius 3 is 3.06 bits per heavy atom. The number of aliphatic hydroxyl groups is 1. The summed E-state index contributed by atoms with van der Waals surface area (Å²) in [4.78, 5) is 11.3. The normalized spacial score (nSPS) is 12.1. The second kappa shape index (κ2) is 8.05. The monoisotopic (exact) mass is 258 g/mol. The van der Waals surface area contributed by atoms with Gasteiger partial charge in [-0.15, -0.1) is 0 Å². The first-order valence-corrected chi connectivity index (χ1v) is 6.45.